The van der Waals surface area contributed by atoms with Crippen molar-refractivity contribution in [1.29, 1.82) is 0 Å². The molecule has 30 heavy (non-hydrogen) atoms. The lowest BCUT2D eigenvalue weighted by Crippen LogP contribution is -2.61. The molecule has 2 aromatic carbocycles. The summed E-state index contributed by atoms with van der Waals surface area (Å²) in [4.78, 5) is 24.3. The minimum Gasteiger partial charge on any atom is -0.481 e. The summed E-state index contributed by atoms with van der Waals surface area (Å²) in [5.74, 6) is -0.402. The van der Waals surface area contributed by atoms with Crippen LogP contribution >= 0.6 is 0 Å². The van der Waals surface area contributed by atoms with Crippen molar-refractivity contribution in [2.45, 2.75) is 37.3 Å². The van der Waals surface area contributed by atoms with Gasteiger partial charge < -0.3 is 20.5 Å². The molecule has 2 aliphatic carbocycles. The van der Waals surface area contributed by atoms with Gasteiger partial charge in [-0.1, -0.05) is 48.5 Å². The summed E-state index contributed by atoms with van der Waals surface area (Å²) in [5.41, 5.74) is 3.83. The number of nitrogens with one attached hydrogen (secondary N) is 2. The number of amides is 1. The number of hydrogen-bond donors (Lipinski definition) is 3. The quantitative estimate of drug-likeness (QED) is 0.685. The van der Waals surface area contributed by atoms with Crippen LogP contribution in [0.4, 0.5) is 4.79 Å². The molecule has 2 aliphatic heterocycles. The Morgan fingerprint density at radius 1 is 1.13 bits per heavy atom. The Hall–Kier alpha value is -2.86. The van der Waals surface area contributed by atoms with E-state index in [1.165, 1.54) is 11.1 Å². The molecule has 2 heterocycles. The molecule has 2 aromatic rings. The number of hydrogen-bond acceptors (Lipinski definition) is 4. The molecular weight excluding hydrogens is 380 g/mol. The molecule has 6 heteroatoms. The van der Waals surface area contributed by atoms with Gasteiger partial charge in [-0.3, -0.25) is 4.79 Å². The Morgan fingerprint density at radius 2 is 1.77 bits per heavy atom. The first-order chi connectivity index (χ1) is 14.5. The molecule has 2 saturated heterocycles. The standard InChI is InChI=1S/C24H26N2O4/c1-24(11-21(27)28,22-14-10-20(22)25-12-14)26-23(29)30-13-19-17-8-4-2-6-15(17)16-7-3-5-9-18(16)19/h2-9,14,19-20,22,25H,10-13H2,1H3,(H,26,29)(H,27,28). The number of ether oxygens (including phenoxy) is 1. The molecule has 0 spiro atoms. The van der Waals surface area contributed by atoms with Crippen LogP contribution in [0.1, 0.15) is 36.8 Å². The van der Waals surface area contributed by atoms with Crippen molar-refractivity contribution in [2.75, 3.05) is 13.2 Å². The van der Waals surface area contributed by atoms with E-state index in [0.717, 1.165) is 24.1 Å². The minimum atomic E-state index is -0.914. The molecule has 6 nitrogen and oxygen atoms in total. The van der Waals surface area contributed by atoms with Crippen molar-refractivity contribution in [3.8, 4) is 11.1 Å². The SMILES string of the molecule is CC(CC(=O)O)(NC(=O)OCC1c2ccccc2-c2ccccc21)C1C2CNC1C2. The first-order valence-corrected chi connectivity index (χ1v) is 10.5. The molecule has 0 radical (unpaired) electrons. The Kier molecular flexibility index (Phi) is 4.54. The summed E-state index contributed by atoms with van der Waals surface area (Å²) in [6, 6.07) is 16.7. The van der Waals surface area contributed by atoms with Crippen molar-refractivity contribution in [1.82, 2.24) is 10.6 Å². The molecule has 4 aliphatic rings. The highest BCUT2D eigenvalue weighted by Gasteiger charge is 2.56. The van der Waals surface area contributed by atoms with Gasteiger partial charge in [0, 0.05) is 17.9 Å². The summed E-state index contributed by atoms with van der Waals surface area (Å²) in [6.07, 6.45) is 0.384. The van der Waals surface area contributed by atoms with Gasteiger partial charge in [-0.25, -0.2) is 4.79 Å². The highest BCUT2D eigenvalue weighted by molar-refractivity contribution is 5.79. The van der Waals surface area contributed by atoms with E-state index >= 15 is 0 Å². The fraction of sp³-hybridized carbons (Fsp3) is 0.417. The number of rotatable bonds is 6. The van der Waals surface area contributed by atoms with Crippen molar-refractivity contribution in [3.63, 3.8) is 0 Å². The fourth-order valence-electron chi connectivity index (χ4n) is 5.87. The minimum absolute atomic E-state index is 0.0181. The number of carbonyl (C=O) groups excluding carboxylic acids is 1. The molecule has 3 N–H and O–H groups in total. The second-order valence-corrected chi connectivity index (χ2v) is 8.97. The normalized spacial score (nSPS) is 25.6. The third-order valence-corrected chi connectivity index (χ3v) is 7.13. The van der Waals surface area contributed by atoms with Crippen LogP contribution < -0.4 is 10.6 Å². The molecule has 2 bridgehead atoms. The van der Waals surface area contributed by atoms with Crippen molar-refractivity contribution in [3.05, 3.63) is 59.7 Å². The topological polar surface area (TPSA) is 87.7 Å². The van der Waals surface area contributed by atoms with Gasteiger partial charge in [-0.05, 0) is 48.1 Å². The fourth-order valence-corrected chi connectivity index (χ4v) is 5.87. The van der Waals surface area contributed by atoms with E-state index in [0.29, 0.717) is 5.92 Å². The highest BCUT2D eigenvalue weighted by Crippen LogP contribution is 2.48. The van der Waals surface area contributed by atoms with Crippen LogP contribution in [0.25, 0.3) is 11.1 Å². The predicted molar refractivity (Wildman–Crippen MR) is 112 cm³/mol. The average molecular weight is 406 g/mol. The van der Waals surface area contributed by atoms with Gasteiger partial charge in [0.1, 0.15) is 6.61 Å². The van der Waals surface area contributed by atoms with Gasteiger partial charge in [-0.15, -0.1) is 0 Å². The number of alkyl carbamates (subject to hydrolysis) is 1. The van der Waals surface area contributed by atoms with E-state index in [9.17, 15) is 14.7 Å². The predicted octanol–water partition coefficient (Wildman–Crippen LogP) is 3.37. The maximum Gasteiger partial charge on any atom is 0.407 e. The molecule has 6 rings (SSSR count). The smallest absolute Gasteiger partial charge is 0.407 e. The number of carboxylic acid groups (broad SMARTS) is 1. The van der Waals surface area contributed by atoms with Crippen molar-refractivity contribution in [2.24, 2.45) is 11.8 Å². The van der Waals surface area contributed by atoms with E-state index in [-0.39, 0.29) is 30.9 Å². The van der Waals surface area contributed by atoms with Crippen LogP contribution in [0, 0.1) is 11.8 Å². The van der Waals surface area contributed by atoms with E-state index in [4.69, 9.17) is 4.74 Å². The summed E-state index contributed by atoms with van der Waals surface area (Å²) in [7, 11) is 0. The van der Waals surface area contributed by atoms with Crippen molar-refractivity contribution < 1.29 is 19.4 Å². The lowest BCUT2D eigenvalue weighted by Gasteiger charge is -2.47. The summed E-state index contributed by atoms with van der Waals surface area (Å²) < 4.78 is 5.66. The number of carbonyl (C=O) groups is 2. The summed E-state index contributed by atoms with van der Waals surface area (Å²) >= 11 is 0. The van der Waals surface area contributed by atoms with Gasteiger partial charge in [0.15, 0.2) is 0 Å². The molecule has 4 atom stereocenters. The third-order valence-electron chi connectivity index (χ3n) is 7.13. The van der Waals surface area contributed by atoms with Crippen LogP contribution in [0.3, 0.4) is 0 Å². The first kappa shape index (κ1) is 19.1. The van der Waals surface area contributed by atoms with Crippen LogP contribution in [0.5, 0.6) is 0 Å². The van der Waals surface area contributed by atoms with Gasteiger partial charge in [0.2, 0.25) is 0 Å². The van der Waals surface area contributed by atoms with E-state index in [2.05, 4.69) is 34.9 Å². The van der Waals surface area contributed by atoms with Crippen LogP contribution in [-0.4, -0.2) is 41.9 Å². The Morgan fingerprint density at radius 3 is 2.30 bits per heavy atom. The van der Waals surface area contributed by atoms with E-state index < -0.39 is 17.6 Å². The number of benzene rings is 2. The highest BCUT2D eigenvalue weighted by atomic mass is 16.5. The number of fused-ring (bicyclic) bond motifs is 4. The first-order valence-electron chi connectivity index (χ1n) is 10.5. The average Bonchev–Trinajstić information content (AvgIpc) is 3.40. The lowest BCUT2D eigenvalue weighted by atomic mass is 9.63. The zero-order valence-electron chi connectivity index (χ0n) is 16.9. The van der Waals surface area contributed by atoms with Gasteiger partial charge >= 0.3 is 12.1 Å². The van der Waals surface area contributed by atoms with Crippen LogP contribution in [0.15, 0.2) is 48.5 Å². The van der Waals surface area contributed by atoms with Gasteiger partial charge in [-0.2, -0.15) is 0 Å². The molecule has 3 fully saturated rings. The summed E-state index contributed by atoms with van der Waals surface area (Å²) in [6.45, 7) is 2.94. The molecule has 1 saturated carbocycles. The summed E-state index contributed by atoms with van der Waals surface area (Å²) in [5, 5.41) is 15.8. The maximum atomic E-state index is 12.8. The Bertz CT molecular complexity index is 947. The Labute approximate surface area is 175 Å². The molecule has 4 unspecified atom stereocenters. The van der Waals surface area contributed by atoms with Crippen LogP contribution in [-0.2, 0) is 9.53 Å². The zero-order valence-corrected chi connectivity index (χ0v) is 16.9. The monoisotopic (exact) mass is 406 g/mol. The number of carboxylic acids is 1. The zero-order chi connectivity index (χ0) is 20.9. The molecule has 156 valence electrons. The Balaban J connectivity index is 1.31. The van der Waals surface area contributed by atoms with E-state index in [1.807, 2.05) is 31.2 Å². The second-order valence-electron chi connectivity index (χ2n) is 8.97. The second kappa shape index (κ2) is 7.13. The molecular formula is C24H26N2O4. The largest absolute Gasteiger partial charge is 0.481 e. The lowest BCUT2D eigenvalue weighted by molar-refractivity contribution is -0.139. The van der Waals surface area contributed by atoms with Gasteiger partial charge in [0.25, 0.3) is 0 Å². The molecule has 0 aromatic heterocycles. The maximum absolute atomic E-state index is 12.8. The number of aliphatic carboxylic acids is 1. The van der Waals surface area contributed by atoms with Gasteiger partial charge in [0.05, 0.1) is 12.0 Å². The third kappa shape index (κ3) is 3.06. The van der Waals surface area contributed by atoms with Crippen LogP contribution in [0.2, 0.25) is 0 Å². The van der Waals surface area contributed by atoms with Crippen molar-refractivity contribution >= 4 is 12.1 Å². The van der Waals surface area contributed by atoms with E-state index in [1.54, 1.807) is 0 Å². The molecule has 1 amide bonds.